The summed E-state index contributed by atoms with van der Waals surface area (Å²) in [6.07, 6.45) is 2.32. The van der Waals surface area contributed by atoms with Crippen LogP contribution in [0.2, 0.25) is 0 Å². The number of amides is 2. The highest BCUT2D eigenvalue weighted by molar-refractivity contribution is 5.94. The third-order valence-corrected chi connectivity index (χ3v) is 2.61. The van der Waals surface area contributed by atoms with Crippen LogP contribution >= 0.6 is 0 Å². The molecule has 0 heterocycles. The molecule has 1 aromatic carbocycles. The van der Waals surface area contributed by atoms with Gasteiger partial charge in [0.05, 0.1) is 5.56 Å². The average molecular weight is 266 g/mol. The summed E-state index contributed by atoms with van der Waals surface area (Å²) in [5.41, 5.74) is 0.0137. The molecule has 2 N–H and O–H groups in total. The summed E-state index contributed by atoms with van der Waals surface area (Å²) in [5, 5.41) is 5.25. The van der Waals surface area contributed by atoms with E-state index in [0.717, 1.165) is 12.8 Å². The van der Waals surface area contributed by atoms with Gasteiger partial charge in [-0.3, -0.25) is 9.59 Å². The van der Waals surface area contributed by atoms with E-state index in [1.165, 1.54) is 18.2 Å². The number of hydrogen-bond donors (Lipinski definition) is 2. The highest BCUT2D eigenvalue weighted by atomic mass is 19.1. The zero-order chi connectivity index (χ0) is 14.1. The van der Waals surface area contributed by atoms with Crippen LogP contribution in [0.15, 0.2) is 24.3 Å². The highest BCUT2D eigenvalue weighted by Gasteiger charge is 2.09. The summed E-state index contributed by atoms with van der Waals surface area (Å²) < 4.78 is 13.3. The number of carbonyl (C=O) groups excluding carboxylic acids is 2. The number of rotatable bonds is 7. The van der Waals surface area contributed by atoms with Crippen LogP contribution in [-0.4, -0.2) is 24.9 Å². The standard InChI is InChI=1S/C14H19FN2O2/c1-2-3-8-13(18)16-9-10-17-14(19)11-6-4-5-7-12(11)15/h4-7H,2-3,8-10H2,1H3,(H,16,18)(H,17,19). The van der Waals surface area contributed by atoms with Gasteiger partial charge in [-0.2, -0.15) is 0 Å². The number of carbonyl (C=O) groups is 2. The second kappa shape index (κ2) is 8.24. The molecule has 0 aliphatic carbocycles. The molecule has 0 fully saturated rings. The van der Waals surface area contributed by atoms with Gasteiger partial charge in [0.15, 0.2) is 0 Å². The van der Waals surface area contributed by atoms with Crippen LogP contribution in [0.4, 0.5) is 4.39 Å². The molecule has 1 aromatic rings. The van der Waals surface area contributed by atoms with Crippen molar-refractivity contribution >= 4 is 11.8 Å². The Bertz CT molecular complexity index is 435. The fourth-order valence-corrected chi connectivity index (χ4v) is 1.54. The van der Waals surface area contributed by atoms with Crippen molar-refractivity contribution in [2.24, 2.45) is 0 Å². The lowest BCUT2D eigenvalue weighted by Gasteiger charge is -2.07. The van der Waals surface area contributed by atoms with E-state index in [0.29, 0.717) is 13.0 Å². The van der Waals surface area contributed by atoms with Crippen LogP contribution in [0.1, 0.15) is 36.5 Å². The molecule has 0 saturated heterocycles. The predicted molar refractivity (Wildman–Crippen MR) is 71.3 cm³/mol. The summed E-state index contributed by atoms with van der Waals surface area (Å²) >= 11 is 0. The normalized spacial score (nSPS) is 10.0. The highest BCUT2D eigenvalue weighted by Crippen LogP contribution is 2.05. The second-order valence-corrected chi connectivity index (χ2v) is 4.19. The first-order valence-corrected chi connectivity index (χ1v) is 6.44. The van der Waals surface area contributed by atoms with Gasteiger partial charge >= 0.3 is 0 Å². The van der Waals surface area contributed by atoms with Crippen LogP contribution in [-0.2, 0) is 4.79 Å². The fourth-order valence-electron chi connectivity index (χ4n) is 1.54. The van der Waals surface area contributed by atoms with Gasteiger partial charge < -0.3 is 10.6 Å². The lowest BCUT2D eigenvalue weighted by atomic mass is 10.2. The zero-order valence-corrected chi connectivity index (χ0v) is 11.0. The van der Waals surface area contributed by atoms with Gasteiger partial charge in [-0.1, -0.05) is 25.5 Å². The maximum Gasteiger partial charge on any atom is 0.254 e. The molecule has 0 atom stereocenters. The average Bonchev–Trinajstić information content (AvgIpc) is 2.41. The third-order valence-electron chi connectivity index (χ3n) is 2.61. The van der Waals surface area contributed by atoms with Crippen LogP contribution in [0.3, 0.4) is 0 Å². The van der Waals surface area contributed by atoms with Crippen molar-refractivity contribution in [1.82, 2.24) is 10.6 Å². The molecule has 2 amide bonds. The van der Waals surface area contributed by atoms with E-state index in [2.05, 4.69) is 10.6 Å². The summed E-state index contributed by atoms with van der Waals surface area (Å²) in [6, 6.07) is 5.79. The molecule has 0 saturated carbocycles. The molecule has 0 bridgehead atoms. The maximum atomic E-state index is 13.3. The molecule has 104 valence electrons. The van der Waals surface area contributed by atoms with Crippen molar-refractivity contribution in [2.75, 3.05) is 13.1 Å². The molecule has 0 unspecified atom stereocenters. The van der Waals surface area contributed by atoms with E-state index < -0.39 is 11.7 Å². The summed E-state index contributed by atoms with van der Waals surface area (Å²) in [4.78, 5) is 22.9. The van der Waals surface area contributed by atoms with Gasteiger partial charge in [0.25, 0.3) is 5.91 Å². The zero-order valence-electron chi connectivity index (χ0n) is 11.0. The number of nitrogens with one attached hydrogen (secondary N) is 2. The molecular formula is C14H19FN2O2. The Hall–Kier alpha value is -1.91. The van der Waals surface area contributed by atoms with Gasteiger partial charge in [0.2, 0.25) is 5.91 Å². The minimum atomic E-state index is -0.549. The minimum absolute atomic E-state index is 0.0137. The Balaban J connectivity index is 2.25. The fraction of sp³-hybridized carbons (Fsp3) is 0.429. The molecule has 19 heavy (non-hydrogen) atoms. The van der Waals surface area contributed by atoms with Crippen LogP contribution in [0, 0.1) is 5.82 Å². The predicted octanol–water partition coefficient (Wildman–Crippen LogP) is 1.86. The Morgan fingerprint density at radius 2 is 1.84 bits per heavy atom. The molecule has 0 aliphatic rings. The lowest BCUT2D eigenvalue weighted by Crippen LogP contribution is -2.34. The molecule has 0 radical (unpaired) electrons. The van der Waals surface area contributed by atoms with Gasteiger partial charge in [-0.15, -0.1) is 0 Å². The largest absolute Gasteiger partial charge is 0.354 e. The molecule has 4 nitrogen and oxygen atoms in total. The van der Waals surface area contributed by atoms with Crippen molar-refractivity contribution in [2.45, 2.75) is 26.2 Å². The Morgan fingerprint density at radius 3 is 2.53 bits per heavy atom. The van der Waals surface area contributed by atoms with E-state index in [1.54, 1.807) is 6.07 Å². The van der Waals surface area contributed by atoms with E-state index in [1.807, 2.05) is 6.92 Å². The summed E-state index contributed by atoms with van der Waals surface area (Å²) in [6.45, 7) is 2.65. The molecule has 5 heteroatoms. The molecule has 0 spiro atoms. The Labute approximate surface area is 112 Å². The van der Waals surface area contributed by atoms with Crippen molar-refractivity contribution < 1.29 is 14.0 Å². The van der Waals surface area contributed by atoms with Gasteiger partial charge in [0.1, 0.15) is 5.82 Å². The first-order valence-electron chi connectivity index (χ1n) is 6.44. The number of unbranched alkanes of at least 4 members (excludes halogenated alkanes) is 1. The van der Waals surface area contributed by atoms with Gasteiger partial charge in [0, 0.05) is 19.5 Å². The maximum absolute atomic E-state index is 13.3. The van der Waals surface area contributed by atoms with Crippen LogP contribution in [0.5, 0.6) is 0 Å². The van der Waals surface area contributed by atoms with Gasteiger partial charge in [-0.25, -0.2) is 4.39 Å². The number of halogens is 1. The topological polar surface area (TPSA) is 58.2 Å². The molecule has 1 rings (SSSR count). The SMILES string of the molecule is CCCCC(=O)NCCNC(=O)c1ccccc1F. The van der Waals surface area contributed by atoms with Crippen LogP contribution in [0.25, 0.3) is 0 Å². The summed E-state index contributed by atoms with van der Waals surface area (Å²) in [7, 11) is 0. The number of hydrogen-bond acceptors (Lipinski definition) is 2. The first kappa shape index (κ1) is 15.1. The molecule has 0 aromatic heterocycles. The second-order valence-electron chi connectivity index (χ2n) is 4.19. The first-order chi connectivity index (χ1) is 9.15. The van der Waals surface area contributed by atoms with Crippen molar-refractivity contribution in [3.63, 3.8) is 0 Å². The quantitative estimate of drug-likeness (QED) is 0.740. The molecular weight excluding hydrogens is 247 g/mol. The minimum Gasteiger partial charge on any atom is -0.354 e. The van der Waals surface area contributed by atoms with Crippen molar-refractivity contribution in [3.05, 3.63) is 35.6 Å². The monoisotopic (exact) mass is 266 g/mol. The van der Waals surface area contributed by atoms with E-state index in [4.69, 9.17) is 0 Å². The Kier molecular flexibility index (Phi) is 6.57. The van der Waals surface area contributed by atoms with E-state index in [-0.39, 0.29) is 18.0 Å². The smallest absolute Gasteiger partial charge is 0.254 e. The Morgan fingerprint density at radius 1 is 1.16 bits per heavy atom. The number of benzene rings is 1. The molecule has 0 aliphatic heterocycles. The van der Waals surface area contributed by atoms with Crippen molar-refractivity contribution in [1.29, 1.82) is 0 Å². The van der Waals surface area contributed by atoms with Crippen LogP contribution < -0.4 is 10.6 Å². The summed E-state index contributed by atoms with van der Waals surface area (Å²) in [5.74, 6) is -1.05. The van der Waals surface area contributed by atoms with E-state index in [9.17, 15) is 14.0 Å². The third kappa shape index (κ3) is 5.50. The van der Waals surface area contributed by atoms with Crippen molar-refractivity contribution in [3.8, 4) is 0 Å². The lowest BCUT2D eigenvalue weighted by molar-refractivity contribution is -0.121. The van der Waals surface area contributed by atoms with Gasteiger partial charge in [-0.05, 0) is 18.6 Å². The van der Waals surface area contributed by atoms with E-state index >= 15 is 0 Å².